The van der Waals surface area contributed by atoms with E-state index in [-0.39, 0.29) is 43.1 Å². The number of amides is 2. The summed E-state index contributed by atoms with van der Waals surface area (Å²) in [6.45, 7) is 0. The second-order valence-electron chi connectivity index (χ2n) is 8.16. The van der Waals surface area contributed by atoms with Crippen LogP contribution in [0.5, 0.6) is 0 Å². The number of halogens is 4. The molecule has 198 valence electrons. The number of Topliss-reactive ketones (excluding diaryl/α,β-unsaturated/α-hetero) is 1. The summed E-state index contributed by atoms with van der Waals surface area (Å²) in [5.41, 5.74) is -0.254. The van der Waals surface area contributed by atoms with E-state index in [4.69, 9.17) is 39.9 Å². The maximum Gasteiger partial charge on any atom is 0.328 e. The molecule has 1 aliphatic heterocycles. The maximum atomic E-state index is 15.1. The molecule has 4 rings (SSSR count). The van der Waals surface area contributed by atoms with Gasteiger partial charge in [-0.05, 0) is 42.0 Å². The number of hydrogen-bond donors (Lipinski definition) is 3. The molecule has 8 nitrogen and oxygen atoms in total. The van der Waals surface area contributed by atoms with Crippen LogP contribution in [0.3, 0.4) is 0 Å². The van der Waals surface area contributed by atoms with Gasteiger partial charge in [-0.2, -0.15) is 0 Å². The number of hydrogen-bond acceptors (Lipinski definition) is 5. The van der Waals surface area contributed by atoms with Crippen LogP contribution in [0, 0.1) is 5.82 Å². The first-order valence-electron chi connectivity index (χ1n) is 11.0. The summed E-state index contributed by atoms with van der Waals surface area (Å²) < 4.78 is 15.1. The molecule has 2 amide bonds. The molecule has 1 saturated heterocycles. The van der Waals surface area contributed by atoms with Crippen molar-refractivity contribution in [3.63, 3.8) is 0 Å². The lowest BCUT2D eigenvalue weighted by Crippen LogP contribution is -2.30. The highest BCUT2D eigenvalue weighted by Gasteiger charge is 2.48. The van der Waals surface area contributed by atoms with E-state index in [0.717, 1.165) is 11.0 Å². The van der Waals surface area contributed by atoms with Crippen molar-refractivity contribution in [3.8, 4) is 0 Å². The Balaban J connectivity index is 1.87. The zero-order valence-corrected chi connectivity index (χ0v) is 21.8. The maximum absolute atomic E-state index is 15.1. The molecule has 3 N–H and O–H groups in total. The summed E-state index contributed by atoms with van der Waals surface area (Å²) in [6.07, 6.45) is 1.44. The van der Waals surface area contributed by atoms with Gasteiger partial charge in [-0.3, -0.25) is 19.3 Å². The Morgan fingerprint density at radius 1 is 0.897 bits per heavy atom. The quantitative estimate of drug-likeness (QED) is 0.184. The van der Waals surface area contributed by atoms with Crippen molar-refractivity contribution in [2.75, 3.05) is 10.2 Å². The number of ketones is 1. The lowest BCUT2D eigenvalue weighted by atomic mass is 9.95. The van der Waals surface area contributed by atoms with Crippen LogP contribution in [0.2, 0.25) is 15.1 Å². The summed E-state index contributed by atoms with van der Waals surface area (Å²) in [4.78, 5) is 50.0. The van der Waals surface area contributed by atoms with Crippen LogP contribution in [0.4, 0.5) is 15.8 Å². The Morgan fingerprint density at radius 2 is 1.62 bits per heavy atom. The zero-order chi connectivity index (χ0) is 28.4. The van der Waals surface area contributed by atoms with Gasteiger partial charge in [-0.25, -0.2) is 9.18 Å². The molecule has 0 aromatic heterocycles. The first-order valence-corrected chi connectivity index (χ1v) is 12.2. The average Bonchev–Trinajstić information content (AvgIpc) is 3.16. The van der Waals surface area contributed by atoms with Crippen LogP contribution in [0.25, 0.3) is 5.76 Å². The van der Waals surface area contributed by atoms with Gasteiger partial charge in [0.15, 0.2) is 5.82 Å². The number of anilines is 2. The Morgan fingerprint density at radius 3 is 2.31 bits per heavy atom. The molecule has 1 unspecified atom stereocenters. The molecule has 1 heterocycles. The molecule has 3 aromatic carbocycles. The van der Waals surface area contributed by atoms with E-state index in [2.05, 4.69) is 5.32 Å². The van der Waals surface area contributed by atoms with Crippen molar-refractivity contribution in [2.45, 2.75) is 6.04 Å². The minimum atomic E-state index is -1.33. The van der Waals surface area contributed by atoms with Crippen molar-refractivity contribution >= 4 is 75.5 Å². The van der Waals surface area contributed by atoms with Crippen molar-refractivity contribution in [1.29, 1.82) is 0 Å². The first-order chi connectivity index (χ1) is 18.5. The number of carbonyl (C=O) groups excluding carboxylic acids is 3. The Kier molecular flexibility index (Phi) is 8.06. The van der Waals surface area contributed by atoms with E-state index >= 15 is 4.39 Å². The predicted molar refractivity (Wildman–Crippen MR) is 145 cm³/mol. The number of carbonyl (C=O) groups is 4. The number of benzene rings is 3. The van der Waals surface area contributed by atoms with Gasteiger partial charge in [0.25, 0.3) is 11.7 Å². The van der Waals surface area contributed by atoms with Crippen LogP contribution in [-0.2, 0) is 19.2 Å². The van der Waals surface area contributed by atoms with Crippen LogP contribution in [-0.4, -0.2) is 33.8 Å². The van der Waals surface area contributed by atoms with Gasteiger partial charge in [-0.15, -0.1) is 0 Å². The fourth-order valence-electron chi connectivity index (χ4n) is 3.99. The minimum Gasteiger partial charge on any atom is -0.507 e. The van der Waals surface area contributed by atoms with Crippen LogP contribution in [0.15, 0.2) is 78.4 Å². The topological polar surface area (TPSA) is 124 Å². The molecule has 0 radical (unpaired) electrons. The molecular weight excluding hydrogens is 574 g/mol. The second kappa shape index (κ2) is 11.3. The van der Waals surface area contributed by atoms with Crippen LogP contribution < -0.4 is 10.2 Å². The number of aliphatic hydroxyl groups excluding tert-OH is 1. The Bertz CT molecular complexity index is 1600. The highest BCUT2D eigenvalue weighted by molar-refractivity contribution is 6.52. The molecule has 3 aromatic rings. The van der Waals surface area contributed by atoms with E-state index in [1.807, 2.05) is 0 Å². The Labute approximate surface area is 235 Å². The third kappa shape index (κ3) is 5.65. The van der Waals surface area contributed by atoms with E-state index in [0.29, 0.717) is 6.08 Å². The van der Waals surface area contributed by atoms with Gasteiger partial charge >= 0.3 is 5.97 Å². The molecule has 1 fully saturated rings. The molecular formula is C27H16Cl3FN2O6. The van der Waals surface area contributed by atoms with Gasteiger partial charge in [0, 0.05) is 23.4 Å². The first kappa shape index (κ1) is 27.8. The minimum absolute atomic E-state index is 0.0321. The molecule has 0 spiro atoms. The summed E-state index contributed by atoms with van der Waals surface area (Å²) in [5.74, 6) is -5.89. The highest BCUT2D eigenvalue weighted by Crippen LogP contribution is 2.44. The van der Waals surface area contributed by atoms with E-state index < -0.39 is 41.2 Å². The molecule has 1 atom stereocenters. The third-order valence-corrected chi connectivity index (χ3v) is 6.71. The number of nitrogens with zero attached hydrogens (tertiary/aromatic N) is 1. The SMILES string of the molecule is O=C(O)/C=C/C(=O)Nc1cccc(C(O)=C2C(=O)C(=O)N(c3cccc(Cl)c3F)C2c2ccc(Cl)c(Cl)c2)c1. The summed E-state index contributed by atoms with van der Waals surface area (Å²) in [5, 5.41) is 22.4. The second-order valence-corrected chi connectivity index (χ2v) is 9.38. The molecule has 1 aliphatic rings. The zero-order valence-electron chi connectivity index (χ0n) is 19.5. The van der Waals surface area contributed by atoms with E-state index in [1.165, 1.54) is 60.7 Å². The van der Waals surface area contributed by atoms with Crippen molar-refractivity contribution in [3.05, 3.63) is 110 Å². The standard InChI is InChI=1S/C27H16Cl3FN2O6/c28-16-8-7-13(12-18(16)30)24-22(26(38)27(39)33(24)19-6-2-5-17(29)23(19)31)25(37)14-3-1-4-15(11-14)32-20(34)9-10-21(35)36/h1-12,24,37H,(H,32,34)(H,35,36)/b10-9+,25-22?. The molecule has 39 heavy (non-hydrogen) atoms. The van der Waals surface area contributed by atoms with E-state index in [1.54, 1.807) is 0 Å². The largest absolute Gasteiger partial charge is 0.507 e. The van der Waals surface area contributed by atoms with Crippen molar-refractivity contribution < 1.29 is 33.8 Å². The molecule has 0 aliphatic carbocycles. The fourth-order valence-corrected chi connectivity index (χ4v) is 4.46. The Hall–Kier alpha value is -4.18. The lowest BCUT2D eigenvalue weighted by molar-refractivity contribution is -0.132. The van der Waals surface area contributed by atoms with Crippen molar-refractivity contribution in [1.82, 2.24) is 0 Å². The number of aliphatic carboxylic acids is 1. The molecule has 0 saturated carbocycles. The van der Waals surface area contributed by atoms with Gasteiger partial charge in [0.05, 0.1) is 32.4 Å². The number of aliphatic hydroxyl groups is 1. The van der Waals surface area contributed by atoms with Gasteiger partial charge in [0.2, 0.25) is 5.91 Å². The predicted octanol–water partition coefficient (Wildman–Crippen LogP) is 5.99. The van der Waals surface area contributed by atoms with Gasteiger partial charge in [-0.1, -0.05) is 59.1 Å². The summed E-state index contributed by atoms with van der Waals surface area (Å²) >= 11 is 18.2. The van der Waals surface area contributed by atoms with Gasteiger partial charge in [0.1, 0.15) is 5.76 Å². The fraction of sp³-hybridized carbons (Fsp3) is 0.0370. The number of carboxylic acids is 1. The van der Waals surface area contributed by atoms with Crippen LogP contribution in [0.1, 0.15) is 17.2 Å². The lowest BCUT2D eigenvalue weighted by Gasteiger charge is -2.26. The molecule has 0 bridgehead atoms. The molecule has 12 heteroatoms. The number of nitrogens with one attached hydrogen (secondary N) is 1. The third-order valence-electron chi connectivity index (χ3n) is 5.68. The highest BCUT2D eigenvalue weighted by atomic mass is 35.5. The monoisotopic (exact) mass is 588 g/mol. The van der Waals surface area contributed by atoms with Gasteiger partial charge < -0.3 is 15.5 Å². The van der Waals surface area contributed by atoms with Crippen LogP contribution >= 0.6 is 34.8 Å². The average molecular weight is 590 g/mol. The normalized spacial score (nSPS) is 16.6. The summed E-state index contributed by atoms with van der Waals surface area (Å²) in [7, 11) is 0. The number of carboxylic acid groups (broad SMARTS) is 1. The number of rotatable bonds is 6. The summed E-state index contributed by atoms with van der Waals surface area (Å²) in [6, 6.07) is 12.5. The smallest absolute Gasteiger partial charge is 0.328 e. The van der Waals surface area contributed by atoms with Crippen molar-refractivity contribution in [2.24, 2.45) is 0 Å². The van der Waals surface area contributed by atoms with E-state index in [9.17, 15) is 24.3 Å².